The molecule has 0 saturated carbocycles. The third-order valence-electron chi connectivity index (χ3n) is 5.83. The minimum atomic E-state index is 0.121. The first-order chi connectivity index (χ1) is 10.1. The lowest BCUT2D eigenvalue weighted by Gasteiger charge is -2.58. The molecule has 2 bridgehead atoms. The Labute approximate surface area is 133 Å². The van der Waals surface area contributed by atoms with Gasteiger partial charge in [0, 0.05) is 29.7 Å². The van der Waals surface area contributed by atoms with Crippen LogP contribution in [0.5, 0.6) is 0 Å². The molecule has 116 valence electrons. The number of hydrogen-bond acceptors (Lipinski definition) is 3. The van der Waals surface area contributed by atoms with E-state index >= 15 is 0 Å². The van der Waals surface area contributed by atoms with Gasteiger partial charge >= 0.3 is 0 Å². The van der Waals surface area contributed by atoms with Crippen LogP contribution in [0.4, 0.5) is 0 Å². The number of nitrogens with two attached hydrogens (primary N) is 1. The Bertz CT molecular complexity index is 481. The molecular weight excluding hydrogens is 282 g/mol. The molecule has 3 saturated heterocycles. The number of hydrogen-bond donors (Lipinski definition) is 1. The van der Waals surface area contributed by atoms with Gasteiger partial charge in [-0.1, -0.05) is 23.7 Å². The van der Waals surface area contributed by atoms with Gasteiger partial charge in [0.2, 0.25) is 0 Å². The van der Waals surface area contributed by atoms with Crippen molar-refractivity contribution in [2.45, 2.75) is 31.3 Å². The van der Waals surface area contributed by atoms with Crippen LogP contribution < -0.4 is 5.73 Å². The van der Waals surface area contributed by atoms with Gasteiger partial charge in [-0.15, -0.1) is 0 Å². The Morgan fingerprint density at radius 3 is 2.43 bits per heavy atom. The standard InChI is InChI=1S/C17H26ClN3/c1-13(14-3-5-16(18)6-4-14)20(2)17(11-19)12-21-9-7-15(17)8-10-21/h3-6,13,15H,7-12,19H2,1-2H3. The van der Waals surface area contributed by atoms with Crippen molar-refractivity contribution in [3.8, 4) is 0 Å². The molecule has 2 atom stereocenters. The van der Waals surface area contributed by atoms with Crippen LogP contribution in [0.2, 0.25) is 5.02 Å². The number of halogens is 1. The van der Waals surface area contributed by atoms with E-state index in [2.05, 4.69) is 35.9 Å². The van der Waals surface area contributed by atoms with Crippen molar-refractivity contribution in [3.63, 3.8) is 0 Å². The van der Waals surface area contributed by atoms with E-state index in [9.17, 15) is 0 Å². The van der Waals surface area contributed by atoms with Gasteiger partial charge in [0.1, 0.15) is 0 Å². The second-order valence-corrected chi connectivity index (χ2v) is 7.13. The summed E-state index contributed by atoms with van der Waals surface area (Å²) in [6.07, 6.45) is 2.57. The largest absolute Gasteiger partial charge is 0.329 e. The van der Waals surface area contributed by atoms with Gasteiger partial charge in [-0.25, -0.2) is 0 Å². The van der Waals surface area contributed by atoms with Gasteiger partial charge in [0.25, 0.3) is 0 Å². The summed E-state index contributed by atoms with van der Waals surface area (Å²) in [6, 6.07) is 8.58. The molecule has 3 fully saturated rings. The highest BCUT2D eigenvalue weighted by Crippen LogP contribution is 2.41. The van der Waals surface area contributed by atoms with Gasteiger partial charge in [-0.05, 0) is 63.5 Å². The molecule has 1 aromatic carbocycles. The minimum absolute atomic E-state index is 0.121. The molecule has 0 aromatic heterocycles. The highest BCUT2D eigenvalue weighted by molar-refractivity contribution is 6.30. The highest BCUT2D eigenvalue weighted by atomic mass is 35.5. The molecule has 3 aliphatic heterocycles. The minimum Gasteiger partial charge on any atom is -0.329 e. The van der Waals surface area contributed by atoms with Gasteiger partial charge in [-0.3, -0.25) is 4.90 Å². The maximum atomic E-state index is 6.28. The quantitative estimate of drug-likeness (QED) is 0.928. The van der Waals surface area contributed by atoms with E-state index < -0.39 is 0 Å². The van der Waals surface area contributed by atoms with Crippen LogP contribution in [-0.2, 0) is 0 Å². The normalized spacial score (nSPS) is 33.4. The lowest BCUT2D eigenvalue weighted by molar-refractivity contribution is -0.0711. The van der Waals surface area contributed by atoms with Gasteiger partial charge < -0.3 is 10.6 Å². The zero-order valence-electron chi connectivity index (χ0n) is 13.1. The fourth-order valence-corrected chi connectivity index (χ4v) is 4.40. The van der Waals surface area contributed by atoms with Crippen molar-refractivity contribution in [3.05, 3.63) is 34.9 Å². The molecule has 0 amide bonds. The first-order valence-electron chi connectivity index (χ1n) is 7.97. The van der Waals surface area contributed by atoms with E-state index in [0.717, 1.165) is 24.0 Å². The van der Waals surface area contributed by atoms with Crippen LogP contribution in [0.1, 0.15) is 31.4 Å². The molecule has 4 rings (SSSR count). The predicted octanol–water partition coefficient (Wildman–Crippen LogP) is 2.76. The van der Waals surface area contributed by atoms with Crippen LogP contribution in [0.25, 0.3) is 0 Å². The summed E-state index contributed by atoms with van der Waals surface area (Å²) in [6.45, 7) is 6.62. The molecule has 0 radical (unpaired) electrons. The molecule has 21 heavy (non-hydrogen) atoms. The Balaban J connectivity index is 1.85. The Morgan fingerprint density at radius 1 is 1.33 bits per heavy atom. The molecule has 2 N–H and O–H groups in total. The first-order valence-corrected chi connectivity index (χ1v) is 8.35. The molecule has 2 unspecified atom stereocenters. The Hall–Kier alpha value is -0.610. The van der Waals surface area contributed by atoms with E-state index in [1.165, 1.54) is 31.5 Å². The summed E-state index contributed by atoms with van der Waals surface area (Å²) in [5.74, 6) is 0.729. The number of benzene rings is 1. The zero-order chi connectivity index (χ0) is 15.0. The number of fused-ring (bicyclic) bond motifs is 3. The summed E-state index contributed by atoms with van der Waals surface area (Å²) in [5, 5.41) is 0.796. The van der Waals surface area contributed by atoms with Crippen LogP contribution in [0.3, 0.4) is 0 Å². The molecule has 3 aliphatic rings. The lowest BCUT2D eigenvalue weighted by Crippen LogP contribution is -2.69. The van der Waals surface area contributed by atoms with Crippen LogP contribution in [0.15, 0.2) is 24.3 Å². The molecule has 3 heterocycles. The van der Waals surface area contributed by atoms with Crippen LogP contribution >= 0.6 is 11.6 Å². The Morgan fingerprint density at radius 2 is 1.95 bits per heavy atom. The molecule has 1 aromatic rings. The van der Waals surface area contributed by atoms with Crippen molar-refractivity contribution in [1.82, 2.24) is 9.80 Å². The average Bonchev–Trinajstić information content (AvgIpc) is 2.55. The monoisotopic (exact) mass is 307 g/mol. The summed E-state index contributed by atoms with van der Waals surface area (Å²) in [7, 11) is 2.24. The van der Waals surface area contributed by atoms with Crippen molar-refractivity contribution >= 4 is 11.6 Å². The SMILES string of the molecule is CC(c1ccc(Cl)cc1)N(C)C1(CN)CN2CCC1CC2. The van der Waals surface area contributed by atoms with E-state index in [1.807, 2.05) is 12.1 Å². The first kappa shape index (κ1) is 15.3. The summed E-state index contributed by atoms with van der Waals surface area (Å²) >= 11 is 6.01. The van der Waals surface area contributed by atoms with E-state index in [-0.39, 0.29) is 5.54 Å². The maximum Gasteiger partial charge on any atom is 0.0490 e. The zero-order valence-corrected chi connectivity index (χ0v) is 13.8. The molecule has 0 aliphatic carbocycles. The number of nitrogens with zero attached hydrogens (tertiary/aromatic N) is 2. The fourth-order valence-electron chi connectivity index (χ4n) is 4.27. The van der Waals surface area contributed by atoms with E-state index in [1.54, 1.807) is 0 Å². The van der Waals surface area contributed by atoms with E-state index in [0.29, 0.717) is 6.04 Å². The second-order valence-electron chi connectivity index (χ2n) is 6.70. The number of rotatable bonds is 4. The van der Waals surface area contributed by atoms with E-state index in [4.69, 9.17) is 17.3 Å². The summed E-state index contributed by atoms with van der Waals surface area (Å²) < 4.78 is 0. The van der Waals surface area contributed by atoms with Crippen molar-refractivity contribution < 1.29 is 0 Å². The van der Waals surface area contributed by atoms with Crippen LogP contribution in [0, 0.1) is 5.92 Å². The summed E-state index contributed by atoms with van der Waals surface area (Å²) in [5.41, 5.74) is 7.71. The van der Waals surface area contributed by atoms with Crippen molar-refractivity contribution in [2.75, 3.05) is 33.2 Å². The van der Waals surface area contributed by atoms with Gasteiger partial charge in [-0.2, -0.15) is 0 Å². The topological polar surface area (TPSA) is 32.5 Å². The third-order valence-corrected chi connectivity index (χ3v) is 6.09. The predicted molar refractivity (Wildman–Crippen MR) is 88.6 cm³/mol. The second kappa shape index (κ2) is 5.88. The van der Waals surface area contributed by atoms with Crippen LogP contribution in [-0.4, -0.2) is 48.6 Å². The smallest absolute Gasteiger partial charge is 0.0490 e. The number of likely N-dealkylation sites (N-methyl/N-ethyl adjacent to an activating group) is 1. The molecule has 3 nitrogen and oxygen atoms in total. The third kappa shape index (κ3) is 2.61. The molecule has 0 spiro atoms. The molecular formula is C17H26ClN3. The average molecular weight is 308 g/mol. The Kier molecular flexibility index (Phi) is 4.28. The molecule has 4 heteroatoms. The fraction of sp³-hybridized carbons (Fsp3) is 0.647. The highest BCUT2D eigenvalue weighted by Gasteiger charge is 2.49. The van der Waals surface area contributed by atoms with Gasteiger partial charge in [0.05, 0.1) is 0 Å². The van der Waals surface area contributed by atoms with Gasteiger partial charge in [0.15, 0.2) is 0 Å². The maximum absolute atomic E-state index is 6.28. The van der Waals surface area contributed by atoms with Crippen molar-refractivity contribution in [2.24, 2.45) is 11.7 Å². The summed E-state index contributed by atoms with van der Waals surface area (Å²) in [4.78, 5) is 5.10. The lowest BCUT2D eigenvalue weighted by atomic mass is 9.71. The number of piperidine rings is 3. The van der Waals surface area contributed by atoms with Crippen molar-refractivity contribution in [1.29, 1.82) is 0 Å².